The van der Waals surface area contributed by atoms with Gasteiger partial charge in [-0.2, -0.15) is 0 Å². The normalized spacial score (nSPS) is 19.6. The molecule has 0 unspecified atom stereocenters. The van der Waals surface area contributed by atoms with Crippen LogP contribution >= 0.6 is 0 Å². The Labute approximate surface area is 112 Å². The smallest absolute Gasteiger partial charge is 0.110 e. The van der Waals surface area contributed by atoms with Crippen LogP contribution in [0.3, 0.4) is 0 Å². The molecule has 1 aliphatic rings. The molecule has 2 aromatic rings. The van der Waals surface area contributed by atoms with Gasteiger partial charge in [-0.25, -0.2) is 0 Å². The Morgan fingerprint density at radius 3 is 2.84 bits per heavy atom. The van der Waals surface area contributed by atoms with Crippen molar-refractivity contribution in [2.24, 2.45) is 11.1 Å². The van der Waals surface area contributed by atoms with Gasteiger partial charge in [-0.3, -0.25) is 0 Å². The number of rotatable bonds is 3. The Bertz CT molecular complexity index is 598. The van der Waals surface area contributed by atoms with Gasteiger partial charge in [0.2, 0.25) is 0 Å². The second kappa shape index (κ2) is 4.80. The van der Waals surface area contributed by atoms with Crippen molar-refractivity contribution in [1.29, 1.82) is 0 Å². The van der Waals surface area contributed by atoms with Gasteiger partial charge in [0, 0.05) is 30.9 Å². The average Bonchev–Trinajstić information content (AvgIpc) is 2.98. The topological polar surface area (TPSA) is 49.5 Å². The van der Waals surface area contributed by atoms with E-state index in [9.17, 15) is 5.21 Å². The molecular weight excluding hydrogens is 238 g/mol. The lowest BCUT2D eigenvalue weighted by Gasteiger charge is -2.12. The summed E-state index contributed by atoms with van der Waals surface area (Å²) in [4.78, 5) is 0. The Kier molecular flexibility index (Phi) is 2.99. The van der Waals surface area contributed by atoms with Gasteiger partial charge in [-0.05, 0) is 31.2 Å². The number of aromatic nitrogens is 1. The summed E-state index contributed by atoms with van der Waals surface area (Å²) in [5.41, 5.74) is 4.13. The van der Waals surface area contributed by atoms with Crippen LogP contribution in [0.1, 0.15) is 11.3 Å². The third-order valence-electron chi connectivity index (χ3n) is 3.61. The molecule has 19 heavy (non-hydrogen) atoms. The molecule has 0 aliphatic carbocycles. The van der Waals surface area contributed by atoms with E-state index < -0.39 is 0 Å². The molecule has 98 valence electrons. The van der Waals surface area contributed by atoms with E-state index in [-0.39, 0.29) is 5.92 Å². The van der Waals surface area contributed by atoms with Crippen molar-refractivity contribution in [3.05, 3.63) is 53.9 Å². The van der Waals surface area contributed by atoms with Gasteiger partial charge in [0.05, 0.1) is 5.69 Å². The van der Waals surface area contributed by atoms with Crippen LogP contribution in [-0.2, 0) is 6.54 Å². The van der Waals surface area contributed by atoms with E-state index >= 15 is 0 Å². The molecular formula is C15H17N3O. The summed E-state index contributed by atoms with van der Waals surface area (Å²) in [7, 11) is 0. The quantitative estimate of drug-likeness (QED) is 0.654. The number of nitrogens with one attached hydrogen (secondary N) is 1. The van der Waals surface area contributed by atoms with E-state index in [2.05, 4.69) is 46.2 Å². The van der Waals surface area contributed by atoms with Crippen molar-refractivity contribution in [2.45, 2.75) is 13.5 Å². The predicted molar refractivity (Wildman–Crippen MR) is 75.9 cm³/mol. The Morgan fingerprint density at radius 1 is 1.32 bits per heavy atom. The lowest BCUT2D eigenvalue weighted by molar-refractivity contribution is 0.316. The number of nitrogens with zero attached hydrogens (tertiary/aromatic N) is 2. The zero-order chi connectivity index (χ0) is 13.2. The molecule has 3 rings (SSSR count). The molecule has 1 aromatic heterocycles. The fraction of sp³-hybridized carbons (Fsp3) is 0.267. The first-order valence-corrected chi connectivity index (χ1v) is 6.46. The molecule has 1 atom stereocenters. The van der Waals surface area contributed by atoms with Crippen molar-refractivity contribution in [1.82, 2.24) is 4.57 Å². The highest BCUT2D eigenvalue weighted by Crippen LogP contribution is 2.22. The number of hydrogen-bond donors (Lipinski definition) is 2. The number of hydrogen-bond acceptors (Lipinski definition) is 3. The van der Waals surface area contributed by atoms with Crippen LogP contribution in [0.25, 0.3) is 0 Å². The largest absolute Gasteiger partial charge is 0.411 e. The van der Waals surface area contributed by atoms with E-state index in [1.54, 1.807) is 0 Å². The Morgan fingerprint density at radius 2 is 2.11 bits per heavy atom. The zero-order valence-electron chi connectivity index (χ0n) is 10.9. The summed E-state index contributed by atoms with van der Waals surface area (Å²) < 4.78 is 2.12. The van der Waals surface area contributed by atoms with Gasteiger partial charge < -0.3 is 15.1 Å². The van der Waals surface area contributed by atoms with Crippen LogP contribution in [0.15, 0.2) is 47.8 Å². The summed E-state index contributed by atoms with van der Waals surface area (Å²) in [6, 6.07) is 12.3. The zero-order valence-corrected chi connectivity index (χ0v) is 10.9. The SMILES string of the molecule is Cc1ccc(NC[C@H]2Cn3cccc3C2=NO)cc1. The highest BCUT2D eigenvalue weighted by molar-refractivity contribution is 6.02. The van der Waals surface area contributed by atoms with E-state index in [1.807, 2.05) is 18.3 Å². The van der Waals surface area contributed by atoms with E-state index in [0.717, 1.165) is 30.2 Å². The van der Waals surface area contributed by atoms with E-state index in [4.69, 9.17) is 0 Å². The second-order valence-electron chi connectivity index (χ2n) is 4.97. The molecule has 4 nitrogen and oxygen atoms in total. The first-order valence-electron chi connectivity index (χ1n) is 6.46. The maximum absolute atomic E-state index is 9.18. The third kappa shape index (κ3) is 2.21. The van der Waals surface area contributed by atoms with Crippen LogP contribution in [0, 0.1) is 12.8 Å². The monoisotopic (exact) mass is 255 g/mol. The molecule has 1 aromatic carbocycles. The third-order valence-corrected chi connectivity index (χ3v) is 3.61. The van der Waals surface area contributed by atoms with Crippen molar-refractivity contribution >= 4 is 11.4 Å². The minimum Gasteiger partial charge on any atom is -0.411 e. The highest BCUT2D eigenvalue weighted by atomic mass is 16.4. The van der Waals surface area contributed by atoms with Gasteiger partial charge in [-0.1, -0.05) is 22.9 Å². The number of oxime groups is 1. The molecule has 2 heterocycles. The molecule has 0 saturated heterocycles. The van der Waals surface area contributed by atoms with Crippen LogP contribution in [-0.4, -0.2) is 22.0 Å². The predicted octanol–water partition coefficient (Wildman–Crippen LogP) is 2.72. The molecule has 0 saturated carbocycles. The summed E-state index contributed by atoms with van der Waals surface area (Å²) >= 11 is 0. The van der Waals surface area contributed by atoms with Gasteiger partial charge in [0.1, 0.15) is 5.71 Å². The molecule has 2 N–H and O–H groups in total. The lowest BCUT2D eigenvalue weighted by atomic mass is 10.0. The second-order valence-corrected chi connectivity index (χ2v) is 4.97. The van der Waals surface area contributed by atoms with Gasteiger partial charge in [0.25, 0.3) is 0 Å². The summed E-state index contributed by atoms with van der Waals surface area (Å²) in [6.45, 7) is 3.70. The minimum absolute atomic E-state index is 0.211. The molecule has 0 amide bonds. The lowest BCUT2D eigenvalue weighted by Crippen LogP contribution is -2.21. The van der Waals surface area contributed by atoms with Gasteiger partial charge in [0.15, 0.2) is 0 Å². The number of anilines is 1. The molecule has 1 aliphatic heterocycles. The highest BCUT2D eigenvalue weighted by Gasteiger charge is 2.28. The summed E-state index contributed by atoms with van der Waals surface area (Å²) in [6.07, 6.45) is 2.02. The average molecular weight is 255 g/mol. The first kappa shape index (κ1) is 11.8. The number of aryl methyl sites for hydroxylation is 1. The van der Waals surface area contributed by atoms with E-state index in [0.29, 0.717) is 0 Å². The fourth-order valence-electron chi connectivity index (χ4n) is 2.55. The molecule has 0 radical (unpaired) electrons. The van der Waals surface area contributed by atoms with Crippen LogP contribution < -0.4 is 5.32 Å². The van der Waals surface area contributed by atoms with Crippen LogP contribution in [0.4, 0.5) is 5.69 Å². The van der Waals surface area contributed by atoms with Crippen molar-refractivity contribution in [3.8, 4) is 0 Å². The molecule has 0 bridgehead atoms. The Balaban J connectivity index is 1.68. The Hall–Kier alpha value is -2.23. The van der Waals surface area contributed by atoms with Gasteiger partial charge >= 0.3 is 0 Å². The minimum atomic E-state index is 0.211. The summed E-state index contributed by atoms with van der Waals surface area (Å²) in [5.74, 6) is 0.211. The molecule has 0 spiro atoms. The first-order chi connectivity index (χ1) is 9.28. The molecule has 4 heteroatoms. The van der Waals surface area contributed by atoms with Crippen LogP contribution in [0.5, 0.6) is 0 Å². The maximum atomic E-state index is 9.18. The van der Waals surface area contributed by atoms with Crippen LogP contribution in [0.2, 0.25) is 0 Å². The fourth-order valence-corrected chi connectivity index (χ4v) is 2.55. The number of fused-ring (bicyclic) bond motifs is 1. The number of benzene rings is 1. The van der Waals surface area contributed by atoms with Crippen molar-refractivity contribution < 1.29 is 5.21 Å². The maximum Gasteiger partial charge on any atom is 0.110 e. The van der Waals surface area contributed by atoms with Crippen molar-refractivity contribution in [3.63, 3.8) is 0 Å². The van der Waals surface area contributed by atoms with E-state index in [1.165, 1.54) is 5.56 Å². The van der Waals surface area contributed by atoms with Crippen molar-refractivity contribution in [2.75, 3.05) is 11.9 Å². The van der Waals surface area contributed by atoms with Gasteiger partial charge in [-0.15, -0.1) is 0 Å². The summed E-state index contributed by atoms with van der Waals surface area (Å²) in [5, 5.41) is 16.0. The standard InChI is InChI=1S/C15H17N3O/c1-11-4-6-13(7-5-11)16-9-12-10-18-8-2-3-14(18)15(12)17-19/h2-8,12,16,19H,9-10H2,1H3/t12-/m0/s1. The molecule has 0 fully saturated rings.